The van der Waals surface area contributed by atoms with Gasteiger partial charge in [0.15, 0.2) is 0 Å². The van der Waals surface area contributed by atoms with E-state index >= 15 is 0 Å². The molecule has 1 aliphatic rings. The van der Waals surface area contributed by atoms with E-state index in [2.05, 4.69) is 11.1 Å². The number of aromatic nitrogens is 1. The van der Waals surface area contributed by atoms with Crippen LogP contribution < -0.4 is 4.74 Å². The predicted octanol–water partition coefficient (Wildman–Crippen LogP) is 2.33. The Morgan fingerprint density at radius 3 is 2.75 bits per heavy atom. The second-order valence-electron chi connectivity index (χ2n) is 4.23. The Morgan fingerprint density at radius 1 is 1.38 bits per heavy atom. The fraction of sp³-hybridized carbons (Fsp3) is 0.462. The van der Waals surface area contributed by atoms with Crippen LogP contribution in [0.4, 0.5) is 0 Å². The molecule has 0 spiro atoms. The van der Waals surface area contributed by atoms with Crippen molar-refractivity contribution in [1.29, 1.82) is 0 Å². The number of hydrogen-bond donors (Lipinski definition) is 1. The van der Waals surface area contributed by atoms with Gasteiger partial charge < -0.3 is 9.84 Å². The first-order chi connectivity index (χ1) is 7.65. The fourth-order valence-corrected chi connectivity index (χ4v) is 2.21. The number of aliphatic hydroxyl groups is 1. The lowest BCUT2D eigenvalue weighted by molar-refractivity contribution is 0.0264. The Hall–Kier alpha value is -1.35. The van der Waals surface area contributed by atoms with E-state index in [9.17, 15) is 5.11 Å². The Morgan fingerprint density at radius 2 is 2.19 bits per heavy atom. The van der Waals surface area contributed by atoms with Crippen molar-refractivity contribution in [3.63, 3.8) is 0 Å². The smallest absolute Gasteiger partial charge is 0.213 e. The van der Waals surface area contributed by atoms with Crippen LogP contribution in [-0.2, 0) is 5.60 Å². The van der Waals surface area contributed by atoms with Crippen molar-refractivity contribution in [3.8, 4) is 5.88 Å². The normalized spacial score (nSPS) is 24.4. The van der Waals surface area contributed by atoms with Crippen LogP contribution in [0.15, 0.2) is 24.3 Å². The lowest BCUT2D eigenvalue weighted by atomic mass is 9.82. The number of ether oxygens (including phenoxy) is 1. The quantitative estimate of drug-likeness (QED) is 0.776. The highest BCUT2D eigenvalue weighted by molar-refractivity contribution is 5.31. The maximum Gasteiger partial charge on any atom is 0.213 e. The SMILES string of the molecule is COc1ccc(C2(O)CC=CCC2)c(C)n1. The van der Waals surface area contributed by atoms with Crippen LogP contribution in [0.3, 0.4) is 0 Å². The number of hydrogen-bond acceptors (Lipinski definition) is 3. The number of pyridine rings is 1. The van der Waals surface area contributed by atoms with Crippen molar-refractivity contribution in [1.82, 2.24) is 4.98 Å². The summed E-state index contributed by atoms with van der Waals surface area (Å²) in [5.41, 5.74) is 1.01. The van der Waals surface area contributed by atoms with E-state index < -0.39 is 5.60 Å². The van der Waals surface area contributed by atoms with Crippen molar-refractivity contribution >= 4 is 0 Å². The Balaban J connectivity index is 2.36. The summed E-state index contributed by atoms with van der Waals surface area (Å²) in [5, 5.41) is 10.6. The Labute approximate surface area is 95.8 Å². The van der Waals surface area contributed by atoms with Crippen LogP contribution in [0.2, 0.25) is 0 Å². The molecule has 1 atom stereocenters. The van der Waals surface area contributed by atoms with Gasteiger partial charge in [-0.15, -0.1) is 0 Å². The molecule has 1 aliphatic carbocycles. The molecule has 3 nitrogen and oxygen atoms in total. The van der Waals surface area contributed by atoms with Gasteiger partial charge in [-0.1, -0.05) is 12.2 Å². The van der Waals surface area contributed by atoms with Crippen LogP contribution in [0, 0.1) is 6.92 Å². The minimum absolute atomic E-state index is 0.594. The fourth-order valence-electron chi connectivity index (χ4n) is 2.21. The molecule has 0 amide bonds. The average molecular weight is 219 g/mol. The van der Waals surface area contributed by atoms with Gasteiger partial charge in [0.25, 0.3) is 0 Å². The number of methoxy groups -OCH3 is 1. The van der Waals surface area contributed by atoms with Gasteiger partial charge in [0, 0.05) is 17.3 Å². The Kier molecular flexibility index (Phi) is 2.97. The number of rotatable bonds is 2. The van der Waals surface area contributed by atoms with E-state index in [1.54, 1.807) is 13.2 Å². The summed E-state index contributed by atoms with van der Waals surface area (Å²) in [6, 6.07) is 3.72. The third kappa shape index (κ3) is 1.95. The molecule has 2 rings (SSSR count). The summed E-state index contributed by atoms with van der Waals surface area (Å²) >= 11 is 0. The lowest BCUT2D eigenvalue weighted by Crippen LogP contribution is -2.27. The molecule has 1 heterocycles. The molecule has 0 aliphatic heterocycles. The molecule has 0 aromatic carbocycles. The molecule has 1 N–H and O–H groups in total. The second-order valence-corrected chi connectivity index (χ2v) is 4.23. The molecular formula is C13H17NO2. The topological polar surface area (TPSA) is 42.4 Å². The Bertz CT molecular complexity index is 414. The van der Waals surface area contributed by atoms with E-state index in [1.165, 1.54) is 0 Å². The van der Waals surface area contributed by atoms with E-state index in [-0.39, 0.29) is 0 Å². The summed E-state index contributed by atoms with van der Waals surface area (Å²) in [4.78, 5) is 4.31. The minimum atomic E-state index is -0.752. The molecule has 0 saturated carbocycles. The largest absolute Gasteiger partial charge is 0.481 e. The molecule has 16 heavy (non-hydrogen) atoms. The van der Waals surface area contributed by atoms with Gasteiger partial charge >= 0.3 is 0 Å². The maximum absolute atomic E-state index is 10.6. The first-order valence-electron chi connectivity index (χ1n) is 5.55. The molecule has 0 bridgehead atoms. The van der Waals surface area contributed by atoms with Gasteiger partial charge in [0.05, 0.1) is 12.7 Å². The van der Waals surface area contributed by atoms with Crippen LogP contribution in [0.5, 0.6) is 5.88 Å². The first kappa shape index (κ1) is 11.1. The summed E-state index contributed by atoms with van der Waals surface area (Å²) in [6.07, 6.45) is 6.50. The van der Waals surface area contributed by atoms with Gasteiger partial charge in [-0.05, 0) is 32.3 Å². The van der Waals surface area contributed by atoms with E-state index in [0.717, 1.165) is 24.1 Å². The van der Waals surface area contributed by atoms with Gasteiger partial charge in [-0.3, -0.25) is 0 Å². The molecule has 1 aromatic heterocycles. The van der Waals surface area contributed by atoms with Crippen molar-refractivity contribution < 1.29 is 9.84 Å². The number of aryl methyl sites for hydroxylation is 1. The summed E-state index contributed by atoms with van der Waals surface area (Å²) < 4.78 is 5.06. The van der Waals surface area contributed by atoms with Gasteiger partial charge in [0.1, 0.15) is 0 Å². The lowest BCUT2D eigenvalue weighted by Gasteiger charge is -2.30. The molecule has 0 fully saturated rings. The summed E-state index contributed by atoms with van der Waals surface area (Å²) in [7, 11) is 1.60. The highest BCUT2D eigenvalue weighted by Crippen LogP contribution is 2.35. The maximum atomic E-state index is 10.6. The molecule has 0 saturated heterocycles. The molecular weight excluding hydrogens is 202 g/mol. The highest BCUT2D eigenvalue weighted by atomic mass is 16.5. The third-order valence-electron chi connectivity index (χ3n) is 3.12. The molecule has 86 valence electrons. The van der Waals surface area contributed by atoms with Crippen molar-refractivity contribution in [2.45, 2.75) is 31.8 Å². The van der Waals surface area contributed by atoms with Crippen LogP contribution in [-0.4, -0.2) is 17.2 Å². The zero-order valence-electron chi connectivity index (χ0n) is 9.73. The van der Waals surface area contributed by atoms with E-state index in [4.69, 9.17) is 4.74 Å². The molecule has 3 heteroatoms. The van der Waals surface area contributed by atoms with Crippen molar-refractivity contribution in [2.75, 3.05) is 7.11 Å². The third-order valence-corrected chi connectivity index (χ3v) is 3.12. The molecule has 1 unspecified atom stereocenters. The predicted molar refractivity (Wildman–Crippen MR) is 62.4 cm³/mol. The van der Waals surface area contributed by atoms with Crippen molar-refractivity contribution in [3.05, 3.63) is 35.5 Å². The number of allylic oxidation sites excluding steroid dienone is 1. The zero-order chi connectivity index (χ0) is 11.6. The monoisotopic (exact) mass is 219 g/mol. The van der Waals surface area contributed by atoms with Gasteiger partial charge in [-0.2, -0.15) is 0 Å². The molecule has 0 radical (unpaired) electrons. The van der Waals surface area contributed by atoms with Gasteiger partial charge in [0.2, 0.25) is 5.88 Å². The van der Waals surface area contributed by atoms with Crippen LogP contribution in [0.1, 0.15) is 30.5 Å². The van der Waals surface area contributed by atoms with E-state index in [0.29, 0.717) is 12.3 Å². The second kappa shape index (κ2) is 4.26. The summed E-state index contributed by atoms with van der Waals surface area (Å²) in [5.74, 6) is 0.594. The zero-order valence-corrected chi connectivity index (χ0v) is 9.73. The van der Waals surface area contributed by atoms with Gasteiger partial charge in [-0.25, -0.2) is 4.98 Å². The minimum Gasteiger partial charge on any atom is -0.481 e. The molecule has 1 aromatic rings. The van der Waals surface area contributed by atoms with Crippen molar-refractivity contribution in [2.24, 2.45) is 0 Å². The van der Waals surface area contributed by atoms with Crippen LogP contribution >= 0.6 is 0 Å². The standard InChI is InChI=1S/C13H17NO2/c1-10-11(6-7-12(14-10)16-2)13(15)8-4-3-5-9-13/h3-4,6-7,15H,5,8-9H2,1-2H3. The highest BCUT2D eigenvalue weighted by Gasteiger charge is 2.31. The van der Waals surface area contributed by atoms with E-state index in [1.807, 2.05) is 19.1 Å². The van der Waals surface area contributed by atoms with Crippen LogP contribution in [0.25, 0.3) is 0 Å². The average Bonchev–Trinajstić information content (AvgIpc) is 2.29. The first-order valence-corrected chi connectivity index (χ1v) is 5.55. The summed E-state index contributed by atoms with van der Waals surface area (Å²) in [6.45, 7) is 1.91. The number of nitrogens with zero attached hydrogens (tertiary/aromatic N) is 1.